The molecule has 2 aromatic carbocycles. The Balaban J connectivity index is 1.84. The molecule has 1 amide bonds. The minimum Gasteiger partial charge on any atom is -0.497 e. The van der Waals surface area contributed by atoms with Crippen molar-refractivity contribution in [2.45, 2.75) is 17.9 Å². The van der Waals surface area contributed by atoms with Crippen LogP contribution < -0.4 is 9.88 Å². The molecule has 24 heavy (non-hydrogen) atoms. The number of hydrogen-bond donors (Lipinski definition) is 1. The van der Waals surface area contributed by atoms with Crippen molar-refractivity contribution < 1.29 is 17.9 Å². The molecular formula is C17H18N2O4S. The van der Waals surface area contributed by atoms with E-state index >= 15 is 0 Å². The van der Waals surface area contributed by atoms with Crippen LogP contribution in [-0.2, 0) is 23.0 Å². The Kier molecular flexibility index (Phi) is 4.29. The summed E-state index contributed by atoms with van der Waals surface area (Å²) in [4.78, 5) is 14.4. The number of primary sulfonamides is 1. The summed E-state index contributed by atoms with van der Waals surface area (Å²) >= 11 is 0. The van der Waals surface area contributed by atoms with E-state index < -0.39 is 10.0 Å². The highest BCUT2D eigenvalue weighted by Gasteiger charge is 2.23. The lowest BCUT2D eigenvalue weighted by atomic mass is 9.99. The van der Waals surface area contributed by atoms with Crippen LogP contribution in [0.5, 0.6) is 5.75 Å². The standard InChI is InChI=1S/C17H18N2O4S/c1-23-15-5-2-13(3-6-15)17(20)19-9-8-12-4-7-16(24(18,21)22)10-14(12)11-19/h2-7,10H,8-9,11H2,1H3,(H2,18,21,22). The van der Waals surface area contributed by atoms with Crippen molar-refractivity contribution in [3.8, 4) is 5.75 Å². The molecule has 2 N–H and O–H groups in total. The molecule has 2 aromatic rings. The van der Waals surface area contributed by atoms with Gasteiger partial charge in [-0.05, 0) is 53.9 Å². The number of carbonyl (C=O) groups excluding carboxylic acids is 1. The molecule has 1 aliphatic rings. The fourth-order valence-electron chi connectivity index (χ4n) is 2.80. The first kappa shape index (κ1) is 16.5. The van der Waals surface area contributed by atoms with E-state index in [0.717, 1.165) is 11.1 Å². The molecule has 0 saturated heterocycles. The quantitative estimate of drug-likeness (QED) is 0.913. The Morgan fingerprint density at radius 3 is 2.46 bits per heavy atom. The van der Waals surface area contributed by atoms with Gasteiger partial charge in [0.05, 0.1) is 12.0 Å². The molecule has 0 spiro atoms. The fourth-order valence-corrected chi connectivity index (χ4v) is 3.36. The van der Waals surface area contributed by atoms with Gasteiger partial charge in [-0.15, -0.1) is 0 Å². The third kappa shape index (κ3) is 3.27. The molecule has 1 heterocycles. The van der Waals surface area contributed by atoms with Gasteiger partial charge in [0.25, 0.3) is 5.91 Å². The Morgan fingerprint density at radius 1 is 1.12 bits per heavy atom. The first-order valence-electron chi connectivity index (χ1n) is 7.46. The molecular weight excluding hydrogens is 328 g/mol. The Labute approximate surface area is 140 Å². The highest BCUT2D eigenvalue weighted by molar-refractivity contribution is 7.89. The van der Waals surface area contributed by atoms with Gasteiger partial charge in [0.2, 0.25) is 10.0 Å². The first-order chi connectivity index (χ1) is 11.4. The second-order valence-electron chi connectivity index (χ2n) is 5.68. The van der Waals surface area contributed by atoms with Crippen LogP contribution in [0.2, 0.25) is 0 Å². The third-order valence-corrected chi connectivity index (χ3v) is 5.05. The maximum atomic E-state index is 12.6. The fraction of sp³-hybridized carbons (Fsp3) is 0.235. The van der Waals surface area contributed by atoms with Gasteiger partial charge in [0, 0.05) is 18.7 Å². The molecule has 0 aliphatic carbocycles. The van der Waals surface area contributed by atoms with Gasteiger partial charge in [-0.3, -0.25) is 4.79 Å². The van der Waals surface area contributed by atoms with Crippen molar-refractivity contribution in [1.29, 1.82) is 0 Å². The summed E-state index contributed by atoms with van der Waals surface area (Å²) in [6.45, 7) is 0.955. The van der Waals surface area contributed by atoms with Gasteiger partial charge in [0.1, 0.15) is 5.75 Å². The SMILES string of the molecule is COc1ccc(C(=O)N2CCc3ccc(S(N)(=O)=O)cc3C2)cc1. The molecule has 126 valence electrons. The van der Waals surface area contributed by atoms with Crippen LogP contribution in [0.1, 0.15) is 21.5 Å². The average molecular weight is 346 g/mol. The van der Waals surface area contributed by atoms with Gasteiger partial charge in [-0.2, -0.15) is 0 Å². The number of nitrogens with two attached hydrogens (primary N) is 1. The maximum Gasteiger partial charge on any atom is 0.254 e. The number of benzene rings is 2. The van der Waals surface area contributed by atoms with E-state index in [0.29, 0.717) is 30.8 Å². The molecule has 7 heteroatoms. The minimum absolute atomic E-state index is 0.0694. The van der Waals surface area contributed by atoms with Crippen molar-refractivity contribution in [3.63, 3.8) is 0 Å². The van der Waals surface area contributed by atoms with Gasteiger partial charge < -0.3 is 9.64 Å². The Hall–Kier alpha value is -2.38. The maximum absolute atomic E-state index is 12.6. The van der Waals surface area contributed by atoms with Crippen LogP contribution in [0.15, 0.2) is 47.4 Å². The first-order valence-corrected chi connectivity index (χ1v) is 9.01. The van der Waals surface area contributed by atoms with Crippen molar-refractivity contribution in [2.75, 3.05) is 13.7 Å². The zero-order chi connectivity index (χ0) is 17.3. The predicted molar refractivity (Wildman–Crippen MR) is 89.3 cm³/mol. The van der Waals surface area contributed by atoms with E-state index in [1.54, 1.807) is 48.4 Å². The largest absolute Gasteiger partial charge is 0.497 e. The average Bonchev–Trinajstić information content (AvgIpc) is 2.59. The van der Waals surface area contributed by atoms with Crippen LogP contribution in [0.25, 0.3) is 0 Å². The number of carbonyl (C=O) groups is 1. The summed E-state index contributed by atoms with van der Waals surface area (Å²) in [5.41, 5.74) is 2.43. The van der Waals surface area contributed by atoms with Crippen LogP contribution in [-0.4, -0.2) is 32.9 Å². The van der Waals surface area contributed by atoms with Gasteiger partial charge >= 0.3 is 0 Å². The number of hydrogen-bond acceptors (Lipinski definition) is 4. The molecule has 0 atom stereocenters. The Morgan fingerprint density at radius 2 is 1.83 bits per heavy atom. The molecule has 0 unspecified atom stereocenters. The summed E-state index contributed by atoms with van der Waals surface area (Å²) in [6, 6.07) is 11.8. The smallest absolute Gasteiger partial charge is 0.254 e. The summed E-state index contributed by atoms with van der Waals surface area (Å²) in [6.07, 6.45) is 0.683. The lowest BCUT2D eigenvalue weighted by Gasteiger charge is -2.29. The van der Waals surface area contributed by atoms with Crippen LogP contribution in [0, 0.1) is 0 Å². The van der Waals surface area contributed by atoms with E-state index in [1.807, 2.05) is 0 Å². The number of methoxy groups -OCH3 is 1. The van der Waals surface area contributed by atoms with Crippen LogP contribution in [0.4, 0.5) is 0 Å². The van der Waals surface area contributed by atoms with Crippen molar-refractivity contribution in [3.05, 3.63) is 59.2 Å². The lowest BCUT2D eigenvalue weighted by Crippen LogP contribution is -2.36. The summed E-state index contributed by atoms with van der Waals surface area (Å²) < 4.78 is 28.1. The highest BCUT2D eigenvalue weighted by Crippen LogP contribution is 2.23. The van der Waals surface area contributed by atoms with E-state index in [4.69, 9.17) is 9.88 Å². The molecule has 3 rings (SSSR count). The summed E-state index contributed by atoms with van der Waals surface area (Å²) in [7, 11) is -2.18. The van der Waals surface area contributed by atoms with E-state index in [1.165, 1.54) is 6.07 Å². The van der Waals surface area contributed by atoms with Gasteiger partial charge in [-0.1, -0.05) is 6.07 Å². The zero-order valence-electron chi connectivity index (χ0n) is 13.2. The van der Waals surface area contributed by atoms with Crippen molar-refractivity contribution >= 4 is 15.9 Å². The van der Waals surface area contributed by atoms with Crippen molar-refractivity contribution in [1.82, 2.24) is 4.90 Å². The van der Waals surface area contributed by atoms with E-state index in [-0.39, 0.29) is 10.8 Å². The molecule has 1 aliphatic heterocycles. The van der Waals surface area contributed by atoms with E-state index in [9.17, 15) is 13.2 Å². The molecule has 0 aromatic heterocycles. The molecule has 0 saturated carbocycles. The monoisotopic (exact) mass is 346 g/mol. The molecule has 6 nitrogen and oxygen atoms in total. The highest BCUT2D eigenvalue weighted by atomic mass is 32.2. The van der Waals surface area contributed by atoms with Crippen molar-refractivity contribution in [2.24, 2.45) is 5.14 Å². The number of ether oxygens (including phenoxy) is 1. The van der Waals surface area contributed by atoms with Crippen LogP contribution in [0.3, 0.4) is 0 Å². The number of sulfonamides is 1. The number of amides is 1. The Bertz CT molecular complexity index is 876. The zero-order valence-corrected chi connectivity index (χ0v) is 14.0. The molecule has 0 radical (unpaired) electrons. The predicted octanol–water partition coefficient (Wildman–Crippen LogP) is 1.54. The number of nitrogens with zero attached hydrogens (tertiary/aromatic N) is 1. The topological polar surface area (TPSA) is 89.7 Å². The van der Waals surface area contributed by atoms with Gasteiger partial charge in [-0.25, -0.2) is 13.6 Å². The molecule has 0 fully saturated rings. The summed E-state index contributed by atoms with van der Waals surface area (Å²) in [5, 5.41) is 5.18. The summed E-state index contributed by atoms with van der Waals surface area (Å²) in [5.74, 6) is 0.595. The number of rotatable bonds is 3. The van der Waals surface area contributed by atoms with Gasteiger partial charge in [0.15, 0.2) is 0 Å². The van der Waals surface area contributed by atoms with Crippen LogP contribution >= 0.6 is 0 Å². The third-order valence-electron chi connectivity index (χ3n) is 4.14. The second kappa shape index (κ2) is 6.26. The number of fused-ring (bicyclic) bond motifs is 1. The van der Waals surface area contributed by atoms with E-state index in [2.05, 4.69) is 0 Å². The lowest BCUT2D eigenvalue weighted by molar-refractivity contribution is 0.0734. The second-order valence-corrected chi connectivity index (χ2v) is 7.24. The normalized spacial score (nSPS) is 14.2. The minimum atomic E-state index is -3.75. The molecule has 0 bridgehead atoms.